The summed E-state index contributed by atoms with van der Waals surface area (Å²) < 4.78 is 2.73. The Hall–Kier alpha value is -0.750. The largest absolute Gasteiger partial charge is 0.280 e. The van der Waals surface area contributed by atoms with Gasteiger partial charge in [-0.15, -0.1) is 10.2 Å². The summed E-state index contributed by atoms with van der Waals surface area (Å²) in [6.45, 7) is 0. The molecule has 3 rings (SSSR count). The molecule has 2 aromatic rings. The molecule has 0 bridgehead atoms. The van der Waals surface area contributed by atoms with Crippen LogP contribution < -0.4 is 0 Å². The monoisotopic (exact) mass is 270 g/mol. The van der Waals surface area contributed by atoms with E-state index < -0.39 is 0 Å². The first-order chi connectivity index (χ1) is 6.83. The Morgan fingerprint density at radius 3 is 2.93 bits per heavy atom. The van der Waals surface area contributed by atoms with E-state index in [-0.39, 0.29) is 0 Å². The lowest BCUT2D eigenvalue weighted by Crippen LogP contribution is -1.88. The molecule has 0 aromatic carbocycles. The van der Waals surface area contributed by atoms with Crippen LogP contribution >= 0.6 is 27.3 Å². The van der Waals surface area contributed by atoms with Gasteiger partial charge in [0, 0.05) is 12.1 Å². The Kier molecular flexibility index (Phi) is 1.91. The van der Waals surface area contributed by atoms with Gasteiger partial charge in [0.15, 0.2) is 3.92 Å². The molecule has 2 aromatic heterocycles. The maximum atomic E-state index is 4.35. The number of nitrogens with zero attached hydrogens (tertiary/aromatic N) is 4. The number of aromatic nitrogens is 4. The van der Waals surface area contributed by atoms with Crippen LogP contribution in [0, 0.1) is 0 Å². The molecule has 14 heavy (non-hydrogen) atoms. The molecule has 0 N–H and O–H groups in total. The van der Waals surface area contributed by atoms with Crippen molar-refractivity contribution in [3.05, 3.63) is 22.1 Å². The molecular weight excluding hydrogens is 264 g/mol. The third-order valence-electron chi connectivity index (χ3n) is 2.21. The van der Waals surface area contributed by atoms with Gasteiger partial charge in [0.25, 0.3) is 0 Å². The molecule has 1 saturated carbocycles. The number of hydrogen-bond donors (Lipinski definition) is 0. The van der Waals surface area contributed by atoms with Crippen molar-refractivity contribution in [2.75, 3.05) is 0 Å². The zero-order chi connectivity index (χ0) is 9.54. The van der Waals surface area contributed by atoms with E-state index in [9.17, 15) is 0 Å². The minimum Gasteiger partial charge on any atom is -0.280 e. The lowest BCUT2D eigenvalue weighted by atomic mass is 10.3. The van der Waals surface area contributed by atoms with Crippen molar-refractivity contribution in [1.82, 2.24) is 19.7 Å². The Labute approximate surface area is 93.1 Å². The van der Waals surface area contributed by atoms with Crippen molar-refractivity contribution >= 4 is 27.3 Å². The number of hydrogen-bond acceptors (Lipinski definition) is 4. The second-order valence-electron chi connectivity index (χ2n) is 3.32. The van der Waals surface area contributed by atoms with Crippen LogP contribution in [0.4, 0.5) is 0 Å². The normalized spacial score (nSPS) is 16.1. The predicted molar refractivity (Wildman–Crippen MR) is 56.7 cm³/mol. The van der Waals surface area contributed by atoms with Crippen LogP contribution in [0.5, 0.6) is 0 Å². The Balaban J connectivity index is 1.95. The molecule has 0 aliphatic heterocycles. The molecule has 72 valence electrons. The van der Waals surface area contributed by atoms with Crippen LogP contribution in [0.3, 0.4) is 0 Å². The lowest BCUT2D eigenvalue weighted by Gasteiger charge is -1.90. The van der Waals surface area contributed by atoms with E-state index >= 15 is 0 Å². The highest BCUT2D eigenvalue weighted by atomic mass is 79.9. The molecule has 0 radical (unpaired) electrons. The van der Waals surface area contributed by atoms with E-state index in [1.54, 1.807) is 6.33 Å². The van der Waals surface area contributed by atoms with Crippen LogP contribution in [0.1, 0.15) is 24.5 Å². The van der Waals surface area contributed by atoms with Gasteiger partial charge in [0.1, 0.15) is 6.33 Å². The fraction of sp³-hybridized carbons (Fsp3) is 0.375. The van der Waals surface area contributed by atoms with E-state index in [1.807, 2.05) is 10.8 Å². The van der Waals surface area contributed by atoms with Crippen LogP contribution in [-0.4, -0.2) is 19.7 Å². The van der Waals surface area contributed by atoms with Gasteiger partial charge in [-0.05, 0) is 28.8 Å². The van der Waals surface area contributed by atoms with Gasteiger partial charge in [-0.3, -0.25) is 4.57 Å². The molecule has 0 unspecified atom stereocenters. The van der Waals surface area contributed by atoms with Crippen LogP contribution in [-0.2, 0) is 0 Å². The maximum Gasteiger partial charge on any atom is 0.218 e. The zero-order valence-electron chi connectivity index (χ0n) is 7.22. The number of halogens is 1. The SMILES string of the molecule is Brc1nnc(-n2cnc(C3CC3)c2)s1. The standard InChI is InChI=1S/C8H7BrN4S/c9-7-11-12-8(14-7)13-3-6(10-4-13)5-1-2-5/h3-5H,1-2H2. The summed E-state index contributed by atoms with van der Waals surface area (Å²) in [6, 6.07) is 0. The quantitative estimate of drug-likeness (QED) is 0.842. The Morgan fingerprint density at radius 2 is 2.29 bits per heavy atom. The van der Waals surface area contributed by atoms with Gasteiger partial charge in [-0.2, -0.15) is 0 Å². The van der Waals surface area contributed by atoms with Crippen LogP contribution in [0.15, 0.2) is 16.4 Å². The molecule has 0 spiro atoms. The predicted octanol–water partition coefficient (Wildman–Crippen LogP) is 2.36. The molecule has 6 heteroatoms. The zero-order valence-corrected chi connectivity index (χ0v) is 9.62. The van der Waals surface area contributed by atoms with Crippen LogP contribution in [0.25, 0.3) is 5.13 Å². The fourth-order valence-corrected chi connectivity index (χ4v) is 2.37. The summed E-state index contributed by atoms with van der Waals surface area (Å²) in [5.74, 6) is 0.688. The Morgan fingerprint density at radius 1 is 1.43 bits per heavy atom. The molecule has 0 amide bonds. The molecule has 1 aliphatic carbocycles. The van der Waals surface area contributed by atoms with Crippen molar-refractivity contribution in [3.63, 3.8) is 0 Å². The molecule has 0 atom stereocenters. The molecule has 1 fully saturated rings. The van der Waals surface area contributed by atoms with Crippen molar-refractivity contribution in [2.24, 2.45) is 0 Å². The summed E-state index contributed by atoms with van der Waals surface area (Å²) >= 11 is 4.79. The van der Waals surface area contributed by atoms with E-state index in [0.717, 1.165) is 9.05 Å². The second kappa shape index (κ2) is 3.13. The highest BCUT2D eigenvalue weighted by Crippen LogP contribution is 2.39. The third kappa shape index (κ3) is 1.48. The third-order valence-corrected chi connectivity index (χ3v) is 3.58. The van der Waals surface area contributed by atoms with Gasteiger partial charge >= 0.3 is 0 Å². The smallest absolute Gasteiger partial charge is 0.218 e. The summed E-state index contributed by atoms with van der Waals surface area (Å²) in [5, 5.41) is 8.78. The van der Waals surface area contributed by atoms with E-state index in [1.165, 1.54) is 29.9 Å². The minimum absolute atomic E-state index is 0.688. The molecule has 2 heterocycles. The second-order valence-corrected chi connectivity index (χ2v) is 5.55. The summed E-state index contributed by atoms with van der Waals surface area (Å²) in [6.07, 6.45) is 6.40. The molecule has 0 saturated heterocycles. The topological polar surface area (TPSA) is 43.6 Å². The van der Waals surface area contributed by atoms with Crippen molar-refractivity contribution in [1.29, 1.82) is 0 Å². The number of rotatable bonds is 2. The van der Waals surface area contributed by atoms with Gasteiger partial charge in [-0.25, -0.2) is 4.98 Å². The van der Waals surface area contributed by atoms with E-state index in [4.69, 9.17) is 0 Å². The highest BCUT2D eigenvalue weighted by Gasteiger charge is 2.26. The highest BCUT2D eigenvalue weighted by molar-refractivity contribution is 9.11. The van der Waals surface area contributed by atoms with E-state index in [0.29, 0.717) is 5.92 Å². The average Bonchev–Trinajstić information content (AvgIpc) is 2.76. The first kappa shape index (κ1) is 8.55. The summed E-state index contributed by atoms with van der Waals surface area (Å²) in [4.78, 5) is 4.35. The first-order valence-corrected chi connectivity index (χ1v) is 5.97. The van der Waals surface area contributed by atoms with Crippen molar-refractivity contribution < 1.29 is 0 Å². The van der Waals surface area contributed by atoms with Crippen molar-refractivity contribution in [2.45, 2.75) is 18.8 Å². The molecule has 1 aliphatic rings. The maximum absolute atomic E-state index is 4.35. The van der Waals surface area contributed by atoms with Crippen LogP contribution in [0.2, 0.25) is 0 Å². The van der Waals surface area contributed by atoms with Gasteiger partial charge in [-0.1, -0.05) is 11.3 Å². The van der Waals surface area contributed by atoms with E-state index in [2.05, 4.69) is 31.1 Å². The lowest BCUT2D eigenvalue weighted by molar-refractivity contribution is 0.957. The van der Waals surface area contributed by atoms with Gasteiger partial charge < -0.3 is 0 Å². The van der Waals surface area contributed by atoms with Gasteiger partial charge in [0.05, 0.1) is 5.69 Å². The summed E-state index contributed by atoms with van der Waals surface area (Å²) in [5.41, 5.74) is 1.18. The minimum atomic E-state index is 0.688. The van der Waals surface area contributed by atoms with Gasteiger partial charge in [0.2, 0.25) is 5.13 Å². The summed E-state index contributed by atoms with van der Waals surface area (Å²) in [7, 11) is 0. The van der Waals surface area contributed by atoms with Crippen molar-refractivity contribution in [3.8, 4) is 5.13 Å². The number of imidazole rings is 1. The molecular formula is C8H7BrN4S. The molecule has 4 nitrogen and oxygen atoms in total. The fourth-order valence-electron chi connectivity index (χ4n) is 1.34. The first-order valence-electron chi connectivity index (χ1n) is 4.36. The average molecular weight is 271 g/mol. The Bertz CT molecular complexity index is 459.